The van der Waals surface area contributed by atoms with Crippen LogP contribution in [0.4, 0.5) is 0 Å². The zero-order chi connectivity index (χ0) is 26.1. The molecule has 0 amide bonds. The lowest BCUT2D eigenvalue weighted by Crippen LogP contribution is -2.23. The van der Waals surface area contributed by atoms with E-state index in [1.807, 2.05) is 65.0 Å². The molecule has 0 bridgehead atoms. The maximum absolute atomic E-state index is 12.2. The highest BCUT2D eigenvalue weighted by atomic mass is 16.6. The van der Waals surface area contributed by atoms with Crippen LogP contribution in [0, 0.1) is 0 Å². The number of ether oxygens (including phenoxy) is 2. The van der Waals surface area contributed by atoms with Gasteiger partial charge in [-0.25, -0.2) is 9.97 Å². The van der Waals surface area contributed by atoms with Crippen molar-refractivity contribution >= 4 is 28.9 Å². The molecule has 2 aromatic heterocycles. The van der Waals surface area contributed by atoms with Gasteiger partial charge in [0.2, 0.25) is 11.6 Å². The molecule has 0 radical (unpaired) electrons. The highest BCUT2D eigenvalue weighted by Crippen LogP contribution is 2.38. The van der Waals surface area contributed by atoms with Crippen LogP contribution in [-0.2, 0) is 14.3 Å². The summed E-state index contributed by atoms with van der Waals surface area (Å²) in [5.74, 6) is 0.882. The quantitative estimate of drug-likeness (QED) is 0.154. The van der Waals surface area contributed by atoms with Gasteiger partial charge in [-0.1, -0.05) is 37.3 Å². The molecule has 192 valence electrons. The molecule has 1 aromatic carbocycles. The summed E-state index contributed by atoms with van der Waals surface area (Å²) < 4.78 is 17.7. The molecule has 7 heteroatoms. The topological polar surface area (TPSA) is 91.5 Å². The van der Waals surface area contributed by atoms with E-state index in [4.69, 9.17) is 13.9 Å². The monoisotopic (exact) mass is 492 g/mol. The first-order valence-electron chi connectivity index (χ1n) is 12.6. The maximum atomic E-state index is 12.2. The van der Waals surface area contributed by atoms with Crippen molar-refractivity contribution in [2.24, 2.45) is 0 Å². The Balaban J connectivity index is 1.79. The SMILES string of the molecule is CCCC(=O)/C=C/c1c(-c2ccccc2)oc2ncnc(O[C@H](C)CCCCC(=O)OC(C)(C)C)c12. The number of fused-ring (bicyclic) bond motifs is 1. The number of ketones is 1. The van der Waals surface area contributed by atoms with E-state index in [-0.39, 0.29) is 17.9 Å². The van der Waals surface area contributed by atoms with E-state index in [1.54, 1.807) is 12.2 Å². The van der Waals surface area contributed by atoms with Crippen LogP contribution in [0.5, 0.6) is 5.88 Å². The molecule has 3 rings (SSSR count). The van der Waals surface area contributed by atoms with Crippen LogP contribution in [-0.4, -0.2) is 33.4 Å². The van der Waals surface area contributed by atoms with E-state index in [0.717, 1.165) is 31.2 Å². The number of carbonyl (C=O) groups is 2. The highest BCUT2D eigenvalue weighted by molar-refractivity contribution is 6.00. The molecule has 3 aromatic rings. The highest BCUT2D eigenvalue weighted by Gasteiger charge is 2.21. The number of aromatic nitrogens is 2. The molecule has 2 heterocycles. The molecule has 0 aliphatic carbocycles. The molecule has 0 saturated carbocycles. The van der Waals surface area contributed by atoms with E-state index >= 15 is 0 Å². The largest absolute Gasteiger partial charge is 0.474 e. The Morgan fingerprint density at radius 2 is 1.83 bits per heavy atom. The fourth-order valence-corrected chi connectivity index (χ4v) is 3.83. The number of hydrogen-bond donors (Lipinski definition) is 0. The first kappa shape index (κ1) is 27.1. The van der Waals surface area contributed by atoms with Crippen molar-refractivity contribution in [1.29, 1.82) is 0 Å². The minimum Gasteiger partial charge on any atom is -0.474 e. The Labute approximate surface area is 212 Å². The summed E-state index contributed by atoms with van der Waals surface area (Å²) in [5, 5.41) is 0.637. The number of furan rings is 1. The van der Waals surface area contributed by atoms with Crippen LogP contribution in [0.1, 0.15) is 78.7 Å². The van der Waals surface area contributed by atoms with E-state index in [0.29, 0.717) is 41.1 Å². The fourth-order valence-electron chi connectivity index (χ4n) is 3.83. The summed E-state index contributed by atoms with van der Waals surface area (Å²) in [6.45, 7) is 9.55. The minimum atomic E-state index is -0.470. The van der Waals surface area contributed by atoms with Gasteiger partial charge in [-0.3, -0.25) is 9.59 Å². The molecule has 0 unspecified atom stereocenters. The van der Waals surface area contributed by atoms with Gasteiger partial charge in [-0.05, 0) is 65.5 Å². The lowest BCUT2D eigenvalue weighted by atomic mass is 10.1. The van der Waals surface area contributed by atoms with Crippen LogP contribution in [0.3, 0.4) is 0 Å². The molecular weight excluding hydrogens is 456 g/mol. The van der Waals surface area contributed by atoms with Crippen molar-refractivity contribution in [2.75, 3.05) is 0 Å². The summed E-state index contributed by atoms with van der Waals surface area (Å²) in [6, 6.07) is 9.70. The first-order chi connectivity index (χ1) is 17.2. The van der Waals surface area contributed by atoms with Crippen molar-refractivity contribution in [1.82, 2.24) is 9.97 Å². The van der Waals surface area contributed by atoms with Crippen LogP contribution in [0.25, 0.3) is 28.5 Å². The van der Waals surface area contributed by atoms with Crippen LogP contribution in [0.15, 0.2) is 47.2 Å². The number of nitrogens with zero attached hydrogens (tertiary/aromatic N) is 2. The number of rotatable bonds is 12. The second-order valence-corrected chi connectivity index (χ2v) is 9.88. The molecule has 0 spiro atoms. The Morgan fingerprint density at radius 1 is 1.08 bits per heavy atom. The predicted octanol–water partition coefficient (Wildman–Crippen LogP) is 6.94. The summed E-state index contributed by atoms with van der Waals surface area (Å²) >= 11 is 0. The standard InChI is InChI=1S/C29H36N2O5/c1-6-12-22(32)17-18-23-25-27(34-20(2)13-10-11-16-24(33)36-29(3,4)5)30-19-31-28(25)35-26(23)21-14-8-7-9-15-21/h7-9,14-15,17-20H,6,10-13,16H2,1-5H3/b18-17+/t20-/m1/s1. The number of allylic oxidation sites excluding steroid dienone is 1. The third-order valence-corrected chi connectivity index (χ3v) is 5.43. The fraction of sp³-hybridized carbons (Fsp3) is 0.448. The van der Waals surface area contributed by atoms with Gasteiger partial charge in [0.25, 0.3) is 0 Å². The average Bonchev–Trinajstić information content (AvgIpc) is 3.20. The molecule has 36 heavy (non-hydrogen) atoms. The second-order valence-electron chi connectivity index (χ2n) is 9.88. The third-order valence-electron chi connectivity index (χ3n) is 5.43. The molecular formula is C29H36N2O5. The van der Waals surface area contributed by atoms with Crippen molar-refractivity contribution in [2.45, 2.75) is 84.8 Å². The molecule has 0 saturated heterocycles. The maximum Gasteiger partial charge on any atom is 0.306 e. The molecule has 1 atom stereocenters. The summed E-state index contributed by atoms with van der Waals surface area (Å²) in [4.78, 5) is 32.9. The number of hydrogen-bond acceptors (Lipinski definition) is 7. The van der Waals surface area contributed by atoms with Crippen molar-refractivity contribution in [3.8, 4) is 17.2 Å². The molecule has 0 aliphatic rings. The first-order valence-corrected chi connectivity index (χ1v) is 12.6. The molecule has 0 fully saturated rings. The predicted molar refractivity (Wildman–Crippen MR) is 141 cm³/mol. The van der Waals surface area contributed by atoms with Crippen LogP contribution in [0.2, 0.25) is 0 Å². The Kier molecular flexibility index (Phi) is 9.39. The number of unbranched alkanes of at least 4 members (excludes halogenated alkanes) is 1. The van der Waals surface area contributed by atoms with Gasteiger partial charge in [0.1, 0.15) is 23.1 Å². The average molecular weight is 493 g/mol. The van der Waals surface area contributed by atoms with E-state index < -0.39 is 5.60 Å². The van der Waals surface area contributed by atoms with Crippen molar-refractivity contribution in [3.63, 3.8) is 0 Å². The zero-order valence-corrected chi connectivity index (χ0v) is 21.9. The number of esters is 1. The molecule has 7 nitrogen and oxygen atoms in total. The van der Waals surface area contributed by atoms with Gasteiger partial charge in [0.05, 0.1) is 6.10 Å². The minimum absolute atomic E-state index is 0.0449. The van der Waals surface area contributed by atoms with Gasteiger partial charge in [-0.15, -0.1) is 0 Å². The Morgan fingerprint density at radius 3 is 2.53 bits per heavy atom. The Hall–Kier alpha value is -3.48. The number of benzene rings is 1. The van der Waals surface area contributed by atoms with Crippen molar-refractivity contribution < 1.29 is 23.5 Å². The van der Waals surface area contributed by atoms with Gasteiger partial charge in [0.15, 0.2) is 5.78 Å². The van der Waals surface area contributed by atoms with E-state index in [2.05, 4.69) is 9.97 Å². The lowest BCUT2D eigenvalue weighted by molar-refractivity contribution is -0.155. The van der Waals surface area contributed by atoms with E-state index in [9.17, 15) is 9.59 Å². The van der Waals surface area contributed by atoms with Gasteiger partial charge >= 0.3 is 5.97 Å². The zero-order valence-electron chi connectivity index (χ0n) is 21.9. The van der Waals surface area contributed by atoms with E-state index in [1.165, 1.54) is 6.33 Å². The lowest BCUT2D eigenvalue weighted by Gasteiger charge is -2.19. The summed E-state index contributed by atoms with van der Waals surface area (Å²) in [5.41, 5.74) is 1.52. The second kappa shape index (κ2) is 12.5. The van der Waals surface area contributed by atoms with Crippen molar-refractivity contribution in [3.05, 3.63) is 48.3 Å². The van der Waals surface area contributed by atoms with Crippen LogP contribution >= 0.6 is 0 Å². The smallest absolute Gasteiger partial charge is 0.306 e. The Bertz CT molecular complexity index is 1190. The number of carbonyl (C=O) groups excluding carboxylic acids is 2. The molecule has 0 aliphatic heterocycles. The molecule has 0 N–H and O–H groups in total. The summed E-state index contributed by atoms with van der Waals surface area (Å²) in [7, 11) is 0. The third kappa shape index (κ3) is 7.77. The van der Waals surface area contributed by atoms with Gasteiger partial charge in [-0.2, -0.15) is 0 Å². The van der Waals surface area contributed by atoms with Gasteiger partial charge < -0.3 is 13.9 Å². The van der Waals surface area contributed by atoms with Gasteiger partial charge in [0, 0.05) is 24.0 Å². The summed E-state index contributed by atoms with van der Waals surface area (Å²) in [6.07, 6.45) is 8.55. The normalized spacial score (nSPS) is 12.7. The van der Waals surface area contributed by atoms with Crippen LogP contribution < -0.4 is 4.74 Å².